The van der Waals surface area contributed by atoms with Crippen LogP contribution < -0.4 is 10.5 Å². The summed E-state index contributed by atoms with van der Waals surface area (Å²) in [4.78, 5) is 17.5. The van der Waals surface area contributed by atoms with Crippen molar-refractivity contribution in [2.75, 3.05) is 25.4 Å². The number of nitrogens with two attached hydrogens (primary N) is 1. The van der Waals surface area contributed by atoms with E-state index in [1.54, 1.807) is 24.3 Å². The van der Waals surface area contributed by atoms with Crippen molar-refractivity contribution < 1.29 is 23.4 Å². The molecule has 4 rings (SSSR count). The molecule has 3 N–H and O–H groups in total. The molecule has 3 heterocycles. The van der Waals surface area contributed by atoms with E-state index in [1.807, 2.05) is 6.08 Å². The third-order valence-corrected chi connectivity index (χ3v) is 6.14. The van der Waals surface area contributed by atoms with Gasteiger partial charge in [-0.1, -0.05) is 29.3 Å². The molecule has 0 spiro atoms. The molecule has 0 aliphatic carbocycles. The van der Waals surface area contributed by atoms with Gasteiger partial charge in [0.1, 0.15) is 18.5 Å². The van der Waals surface area contributed by atoms with Gasteiger partial charge < -0.3 is 24.9 Å². The highest BCUT2D eigenvalue weighted by atomic mass is 35.5. The van der Waals surface area contributed by atoms with Gasteiger partial charge in [-0.15, -0.1) is 0 Å². The minimum absolute atomic E-state index is 0.103. The van der Waals surface area contributed by atoms with Crippen LogP contribution in [0.15, 0.2) is 35.1 Å². The molecule has 1 atom stereocenters. The predicted octanol–water partition coefficient (Wildman–Crippen LogP) is 4.60. The minimum atomic E-state index is -0.735. The smallest absolute Gasteiger partial charge is 0.248 e. The van der Waals surface area contributed by atoms with Gasteiger partial charge in [-0.2, -0.15) is 0 Å². The van der Waals surface area contributed by atoms with Gasteiger partial charge in [-0.25, -0.2) is 9.37 Å². The fourth-order valence-electron chi connectivity index (χ4n) is 3.73. The van der Waals surface area contributed by atoms with Crippen molar-refractivity contribution in [3.63, 3.8) is 0 Å². The Balaban J connectivity index is 1.67. The van der Waals surface area contributed by atoms with E-state index in [2.05, 4.69) is 4.98 Å². The number of carbonyl (C=O) groups is 1. The second-order valence-corrected chi connectivity index (χ2v) is 8.14. The molecule has 0 saturated heterocycles. The summed E-state index contributed by atoms with van der Waals surface area (Å²) < 4.78 is 25.7. The number of carbonyl (C=O) groups excluding carboxylic acids is 1. The molecule has 168 valence electrons. The topological polar surface area (TPSA) is 102 Å². The molecule has 7 nitrogen and oxygen atoms in total. The van der Waals surface area contributed by atoms with Crippen LogP contribution in [-0.2, 0) is 4.79 Å². The Bertz CT molecular complexity index is 1230. The van der Waals surface area contributed by atoms with E-state index in [4.69, 9.17) is 43.2 Å². The third-order valence-electron chi connectivity index (χ3n) is 5.42. The van der Waals surface area contributed by atoms with Gasteiger partial charge in [0.15, 0.2) is 11.4 Å². The molecule has 1 amide bonds. The molecule has 0 bridgehead atoms. The van der Waals surface area contributed by atoms with Crippen molar-refractivity contribution in [2.24, 2.45) is 0 Å². The van der Waals surface area contributed by atoms with Crippen LogP contribution in [0.2, 0.25) is 10.0 Å². The molecule has 3 aromatic rings. The maximum Gasteiger partial charge on any atom is 0.248 e. The van der Waals surface area contributed by atoms with Gasteiger partial charge in [0.25, 0.3) is 0 Å². The molecule has 0 fully saturated rings. The fourth-order valence-corrected chi connectivity index (χ4v) is 4.41. The Kier molecular flexibility index (Phi) is 6.28. The summed E-state index contributed by atoms with van der Waals surface area (Å²) >= 11 is 12.3. The molecule has 1 aliphatic heterocycles. The lowest BCUT2D eigenvalue weighted by atomic mass is 9.99. The van der Waals surface area contributed by atoms with Gasteiger partial charge in [0, 0.05) is 35.4 Å². The van der Waals surface area contributed by atoms with Crippen molar-refractivity contribution in [1.82, 2.24) is 9.88 Å². The highest BCUT2D eigenvalue weighted by molar-refractivity contribution is 6.36. The number of rotatable bonds is 5. The summed E-state index contributed by atoms with van der Waals surface area (Å²) in [6, 6.07) is 2.59. The molecular formula is C22H20Cl2FN3O4. The zero-order valence-corrected chi connectivity index (χ0v) is 18.6. The third kappa shape index (κ3) is 4.01. The van der Waals surface area contributed by atoms with Gasteiger partial charge in [0.2, 0.25) is 11.7 Å². The van der Waals surface area contributed by atoms with E-state index >= 15 is 0 Å². The van der Waals surface area contributed by atoms with E-state index < -0.39 is 18.5 Å². The van der Waals surface area contributed by atoms with Crippen LogP contribution in [0.25, 0.3) is 16.5 Å². The predicted molar refractivity (Wildman–Crippen MR) is 120 cm³/mol. The lowest BCUT2D eigenvalue weighted by Gasteiger charge is -2.25. The number of pyridine rings is 1. The van der Waals surface area contributed by atoms with Crippen molar-refractivity contribution in [1.29, 1.82) is 0 Å². The van der Waals surface area contributed by atoms with Gasteiger partial charge >= 0.3 is 0 Å². The number of amides is 1. The summed E-state index contributed by atoms with van der Waals surface area (Å²) in [5.74, 6) is -0.618. The Labute approximate surface area is 193 Å². The fraction of sp³-hybridized carbons (Fsp3) is 0.273. The number of aliphatic hydroxyl groups excluding tert-OH is 1. The first-order valence-electron chi connectivity index (χ1n) is 9.85. The van der Waals surface area contributed by atoms with Gasteiger partial charge in [-0.3, -0.25) is 4.79 Å². The van der Waals surface area contributed by atoms with E-state index in [9.17, 15) is 9.18 Å². The molecule has 2 aromatic heterocycles. The highest BCUT2D eigenvalue weighted by Gasteiger charge is 2.24. The number of nitrogen functional groups attached to an aromatic ring is 1. The molecular weight excluding hydrogens is 460 g/mol. The lowest BCUT2D eigenvalue weighted by Crippen LogP contribution is -2.36. The number of aromatic nitrogens is 1. The first kappa shape index (κ1) is 22.4. The summed E-state index contributed by atoms with van der Waals surface area (Å²) in [5, 5.41) is 9.86. The maximum absolute atomic E-state index is 14.0. The second kappa shape index (κ2) is 8.97. The number of fused-ring (bicyclic) bond motifs is 1. The van der Waals surface area contributed by atoms with Crippen molar-refractivity contribution in [2.45, 2.75) is 19.4 Å². The number of benzene rings is 1. The molecule has 10 heteroatoms. The van der Waals surface area contributed by atoms with E-state index in [0.717, 1.165) is 11.1 Å². The Morgan fingerprint density at radius 2 is 2.22 bits per heavy atom. The van der Waals surface area contributed by atoms with E-state index in [-0.39, 0.29) is 27.5 Å². The normalized spacial score (nSPS) is 15.0. The van der Waals surface area contributed by atoms with Crippen LogP contribution in [0, 0.1) is 5.82 Å². The van der Waals surface area contributed by atoms with E-state index in [1.165, 1.54) is 12.1 Å². The summed E-state index contributed by atoms with van der Waals surface area (Å²) in [5.41, 5.74) is 8.52. The molecule has 32 heavy (non-hydrogen) atoms. The number of nitrogens with zero attached hydrogens (tertiary/aromatic N) is 2. The zero-order chi connectivity index (χ0) is 23.0. The maximum atomic E-state index is 14.0. The minimum Gasteiger partial charge on any atom is -0.478 e. The van der Waals surface area contributed by atoms with Crippen LogP contribution in [-0.4, -0.2) is 40.6 Å². The van der Waals surface area contributed by atoms with Crippen LogP contribution in [0.1, 0.15) is 30.6 Å². The molecule has 0 unspecified atom stereocenters. The standard InChI is InChI=1S/C22H20Cl2FN3O4/c1-11(18-15(23)2-3-16(25)19(18)24)32-21-20-13(8-27-22(21)26)14(10-31-20)12-4-6-28(7-5-12)17(30)9-29/h2-4,8,10-11,29H,5-7,9H2,1H3,(H2,26,27)/t11-/m1/s1. The summed E-state index contributed by atoms with van der Waals surface area (Å²) in [6.07, 6.45) is 4.94. The molecule has 1 aromatic carbocycles. The first-order valence-corrected chi connectivity index (χ1v) is 10.6. The summed E-state index contributed by atoms with van der Waals surface area (Å²) in [7, 11) is 0. The van der Waals surface area contributed by atoms with Crippen molar-refractivity contribution in [3.8, 4) is 5.75 Å². The van der Waals surface area contributed by atoms with Crippen molar-refractivity contribution in [3.05, 3.63) is 57.7 Å². The molecule has 1 aliphatic rings. The Morgan fingerprint density at radius 1 is 1.44 bits per heavy atom. The van der Waals surface area contributed by atoms with Crippen LogP contribution in [0.4, 0.5) is 10.2 Å². The molecule has 0 saturated carbocycles. The summed E-state index contributed by atoms with van der Waals surface area (Å²) in [6.45, 7) is 2.03. The number of furan rings is 1. The Hall–Kier alpha value is -2.81. The molecule has 0 radical (unpaired) electrons. The quantitative estimate of drug-likeness (QED) is 0.518. The number of hydrogen-bond acceptors (Lipinski definition) is 6. The lowest BCUT2D eigenvalue weighted by molar-refractivity contribution is -0.133. The SMILES string of the molecule is C[C@@H](Oc1c(N)ncc2c(C3=CCN(C(=O)CO)CC3)coc12)c1c(Cl)ccc(F)c1Cl. The highest BCUT2D eigenvalue weighted by Crippen LogP contribution is 2.41. The van der Waals surface area contributed by atoms with Gasteiger partial charge in [0.05, 0.1) is 16.7 Å². The Morgan fingerprint density at radius 3 is 2.91 bits per heavy atom. The zero-order valence-electron chi connectivity index (χ0n) is 17.1. The van der Waals surface area contributed by atoms with Gasteiger partial charge in [-0.05, 0) is 31.1 Å². The van der Waals surface area contributed by atoms with Crippen LogP contribution in [0.5, 0.6) is 5.75 Å². The first-order chi connectivity index (χ1) is 15.3. The largest absolute Gasteiger partial charge is 0.478 e. The number of hydrogen-bond donors (Lipinski definition) is 2. The van der Waals surface area contributed by atoms with Crippen LogP contribution >= 0.6 is 23.2 Å². The number of aliphatic hydroxyl groups is 1. The number of halogens is 3. The van der Waals surface area contributed by atoms with E-state index in [0.29, 0.717) is 36.0 Å². The average Bonchev–Trinajstić information content (AvgIpc) is 3.22. The van der Waals surface area contributed by atoms with Crippen LogP contribution in [0.3, 0.4) is 0 Å². The van der Waals surface area contributed by atoms with Crippen molar-refractivity contribution >= 4 is 51.5 Å². The number of ether oxygens (including phenoxy) is 1. The monoisotopic (exact) mass is 479 g/mol. The average molecular weight is 480 g/mol. The number of anilines is 1. The second-order valence-electron chi connectivity index (χ2n) is 7.36.